The molecule has 1 amide bonds. The molecule has 7 heteroatoms. The Hall–Kier alpha value is -2.38. The minimum absolute atomic E-state index is 0.110. The maximum Gasteiger partial charge on any atom is 0.243 e. The summed E-state index contributed by atoms with van der Waals surface area (Å²) in [5.41, 5.74) is 3.84. The quantitative estimate of drug-likeness (QED) is 0.696. The summed E-state index contributed by atoms with van der Waals surface area (Å²) in [6, 6.07) is 10.9. The SMILES string of the molecule is CCc1cccc(CC)c1NC(=O)[C@H]1CCCN(S(=O)(=O)c2ccc(OC)c(C)c2)C1. The third kappa shape index (κ3) is 4.93. The largest absolute Gasteiger partial charge is 0.496 e. The van der Waals surface area contributed by atoms with Crippen molar-refractivity contribution >= 4 is 21.6 Å². The normalized spacial score (nSPS) is 17.4. The van der Waals surface area contributed by atoms with E-state index < -0.39 is 10.0 Å². The number of sulfonamides is 1. The first-order valence-corrected chi connectivity index (χ1v) is 12.3. The summed E-state index contributed by atoms with van der Waals surface area (Å²) < 4.78 is 33.1. The molecule has 1 saturated heterocycles. The summed E-state index contributed by atoms with van der Waals surface area (Å²) in [7, 11) is -2.12. The second-order valence-corrected chi connectivity index (χ2v) is 9.92. The number of amides is 1. The molecule has 3 rings (SSSR count). The van der Waals surface area contributed by atoms with Gasteiger partial charge in [0.25, 0.3) is 0 Å². The highest BCUT2D eigenvalue weighted by molar-refractivity contribution is 7.89. The Morgan fingerprint density at radius 3 is 2.42 bits per heavy atom. The topological polar surface area (TPSA) is 75.7 Å². The fraction of sp³-hybridized carbons (Fsp3) is 0.458. The lowest BCUT2D eigenvalue weighted by Gasteiger charge is -2.31. The van der Waals surface area contributed by atoms with Crippen molar-refractivity contribution in [2.75, 3.05) is 25.5 Å². The van der Waals surface area contributed by atoms with E-state index in [9.17, 15) is 13.2 Å². The van der Waals surface area contributed by atoms with Gasteiger partial charge in [-0.15, -0.1) is 0 Å². The van der Waals surface area contributed by atoms with Crippen LogP contribution in [0.2, 0.25) is 0 Å². The molecule has 2 aromatic carbocycles. The summed E-state index contributed by atoms with van der Waals surface area (Å²) in [5.74, 6) is 0.162. The molecule has 1 N–H and O–H groups in total. The molecule has 168 valence electrons. The molecule has 0 spiro atoms. The molecule has 2 aromatic rings. The number of nitrogens with one attached hydrogen (secondary N) is 1. The van der Waals surface area contributed by atoms with Gasteiger partial charge in [-0.2, -0.15) is 4.31 Å². The van der Waals surface area contributed by atoms with E-state index in [2.05, 4.69) is 19.2 Å². The maximum absolute atomic E-state index is 13.2. The molecule has 0 unspecified atom stereocenters. The fourth-order valence-corrected chi connectivity index (χ4v) is 5.77. The lowest BCUT2D eigenvalue weighted by Crippen LogP contribution is -2.43. The van der Waals surface area contributed by atoms with E-state index in [4.69, 9.17) is 4.74 Å². The van der Waals surface area contributed by atoms with Gasteiger partial charge in [0.2, 0.25) is 15.9 Å². The second-order valence-electron chi connectivity index (χ2n) is 7.98. The number of anilines is 1. The molecule has 6 nitrogen and oxygen atoms in total. The number of aryl methyl sites for hydroxylation is 3. The fourth-order valence-electron chi connectivity index (χ4n) is 4.16. The van der Waals surface area contributed by atoms with Crippen LogP contribution in [-0.4, -0.2) is 38.8 Å². The van der Waals surface area contributed by atoms with Crippen molar-refractivity contribution in [1.29, 1.82) is 0 Å². The standard InChI is InChI=1S/C24H32N2O4S/c1-5-18-9-7-10-19(6-2)23(18)25-24(27)20-11-8-14-26(16-20)31(28,29)21-12-13-22(30-4)17(3)15-21/h7,9-10,12-13,15,20H,5-6,8,11,14,16H2,1-4H3,(H,25,27)/t20-/m0/s1. The van der Waals surface area contributed by atoms with Gasteiger partial charge >= 0.3 is 0 Å². The first kappa shape index (κ1) is 23.3. The minimum Gasteiger partial charge on any atom is -0.496 e. The summed E-state index contributed by atoms with van der Waals surface area (Å²) in [5, 5.41) is 3.11. The highest BCUT2D eigenvalue weighted by Gasteiger charge is 2.34. The van der Waals surface area contributed by atoms with Crippen molar-refractivity contribution in [3.8, 4) is 5.75 Å². The van der Waals surface area contributed by atoms with Crippen LogP contribution in [0.25, 0.3) is 0 Å². The average molecular weight is 445 g/mol. The van der Waals surface area contributed by atoms with Crippen LogP contribution in [0.15, 0.2) is 41.3 Å². The summed E-state index contributed by atoms with van der Waals surface area (Å²) >= 11 is 0. The molecular formula is C24H32N2O4S. The van der Waals surface area contributed by atoms with Crippen molar-refractivity contribution in [2.24, 2.45) is 5.92 Å². The maximum atomic E-state index is 13.2. The predicted octanol–water partition coefficient (Wildman–Crippen LogP) is 4.17. The monoisotopic (exact) mass is 444 g/mol. The van der Waals surface area contributed by atoms with E-state index >= 15 is 0 Å². The smallest absolute Gasteiger partial charge is 0.243 e. The van der Waals surface area contributed by atoms with E-state index in [0.717, 1.165) is 35.2 Å². The van der Waals surface area contributed by atoms with Gasteiger partial charge in [-0.25, -0.2) is 8.42 Å². The lowest BCUT2D eigenvalue weighted by molar-refractivity contribution is -0.120. The number of rotatable bonds is 7. The van der Waals surface area contributed by atoms with Crippen molar-refractivity contribution in [1.82, 2.24) is 4.31 Å². The Bertz CT molecular complexity index is 1030. The van der Waals surface area contributed by atoms with Gasteiger partial charge in [-0.05, 0) is 67.5 Å². The molecular weight excluding hydrogens is 412 g/mol. The number of hydrogen-bond acceptors (Lipinski definition) is 4. The predicted molar refractivity (Wildman–Crippen MR) is 123 cm³/mol. The summed E-state index contributed by atoms with van der Waals surface area (Å²) in [6.45, 7) is 6.56. The number of methoxy groups -OCH3 is 1. The number of nitrogens with zero attached hydrogens (tertiary/aromatic N) is 1. The van der Waals surface area contributed by atoms with Crippen LogP contribution >= 0.6 is 0 Å². The molecule has 0 radical (unpaired) electrons. The number of carbonyl (C=O) groups is 1. The van der Waals surface area contributed by atoms with Crippen molar-refractivity contribution in [3.63, 3.8) is 0 Å². The van der Waals surface area contributed by atoms with Crippen molar-refractivity contribution in [2.45, 2.75) is 51.3 Å². The number of ether oxygens (including phenoxy) is 1. The van der Waals surface area contributed by atoms with Crippen LogP contribution in [0.4, 0.5) is 5.69 Å². The molecule has 0 saturated carbocycles. The van der Waals surface area contributed by atoms with Crippen molar-refractivity contribution in [3.05, 3.63) is 53.1 Å². The second kappa shape index (κ2) is 9.83. The van der Waals surface area contributed by atoms with Gasteiger partial charge in [0.1, 0.15) is 5.75 Å². The van der Waals surface area contributed by atoms with Gasteiger partial charge in [-0.3, -0.25) is 4.79 Å². The number of hydrogen-bond donors (Lipinski definition) is 1. The molecule has 0 aromatic heterocycles. The van der Waals surface area contributed by atoms with Crippen LogP contribution in [0.1, 0.15) is 43.4 Å². The van der Waals surface area contributed by atoms with Gasteiger partial charge in [0.05, 0.1) is 17.9 Å². The average Bonchev–Trinajstić information content (AvgIpc) is 2.79. The van der Waals surface area contributed by atoms with Crippen LogP contribution in [0, 0.1) is 12.8 Å². The van der Waals surface area contributed by atoms with Crippen LogP contribution in [-0.2, 0) is 27.7 Å². The van der Waals surface area contributed by atoms with E-state index in [0.29, 0.717) is 25.1 Å². The van der Waals surface area contributed by atoms with Gasteiger partial charge in [0, 0.05) is 18.8 Å². The lowest BCUT2D eigenvalue weighted by atomic mass is 9.97. The Morgan fingerprint density at radius 2 is 1.84 bits per heavy atom. The first-order valence-electron chi connectivity index (χ1n) is 10.9. The molecule has 1 atom stereocenters. The number of carbonyl (C=O) groups excluding carboxylic acids is 1. The van der Waals surface area contributed by atoms with Crippen LogP contribution in [0.3, 0.4) is 0 Å². The number of para-hydroxylation sites is 1. The van der Waals surface area contributed by atoms with Crippen LogP contribution < -0.4 is 10.1 Å². The highest BCUT2D eigenvalue weighted by atomic mass is 32.2. The Kier molecular flexibility index (Phi) is 7.38. The number of benzene rings is 2. The van der Waals surface area contributed by atoms with Gasteiger partial charge in [-0.1, -0.05) is 32.0 Å². The zero-order valence-corrected chi connectivity index (χ0v) is 19.6. The zero-order valence-electron chi connectivity index (χ0n) is 18.8. The number of piperidine rings is 1. The molecule has 0 bridgehead atoms. The molecule has 31 heavy (non-hydrogen) atoms. The summed E-state index contributed by atoms with van der Waals surface area (Å²) in [4.78, 5) is 13.3. The summed E-state index contributed by atoms with van der Waals surface area (Å²) in [6.07, 6.45) is 2.98. The Balaban J connectivity index is 1.79. The van der Waals surface area contributed by atoms with Crippen molar-refractivity contribution < 1.29 is 17.9 Å². The first-order chi connectivity index (χ1) is 14.8. The third-order valence-corrected chi connectivity index (χ3v) is 7.87. The minimum atomic E-state index is -3.68. The Morgan fingerprint density at radius 1 is 1.16 bits per heavy atom. The molecule has 1 heterocycles. The van der Waals surface area contributed by atoms with E-state index in [-0.39, 0.29) is 23.3 Å². The third-order valence-electron chi connectivity index (χ3n) is 6.01. The zero-order chi connectivity index (χ0) is 22.6. The highest BCUT2D eigenvalue weighted by Crippen LogP contribution is 2.29. The van der Waals surface area contributed by atoms with Gasteiger partial charge in [0.15, 0.2) is 0 Å². The molecule has 1 aliphatic rings. The molecule has 1 fully saturated rings. The Labute approximate surface area is 185 Å². The van der Waals surface area contributed by atoms with E-state index in [1.165, 1.54) is 4.31 Å². The van der Waals surface area contributed by atoms with Gasteiger partial charge < -0.3 is 10.1 Å². The van der Waals surface area contributed by atoms with E-state index in [1.54, 1.807) is 25.3 Å². The molecule has 0 aliphatic carbocycles. The molecule has 1 aliphatic heterocycles. The van der Waals surface area contributed by atoms with E-state index in [1.807, 2.05) is 25.1 Å². The van der Waals surface area contributed by atoms with Crippen LogP contribution in [0.5, 0.6) is 5.75 Å².